The van der Waals surface area contributed by atoms with E-state index in [9.17, 15) is 9.59 Å². The molecule has 0 aliphatic carbocycles. The molecule has 1 aromatic carbocycles. The van der Waals surface area contributed by atoms with Crippen LogP contribution in [0.4, 0.5) is 5.69 Å². The van der Waals surface area contributed by atoms with Gasteiger partial charge in [0.15, 0.2) is 0 Å². The van der Waals surface area contributed by atoms with Gasteiger partial charge in [-0.05, 0) is 50.2 Å². The van der Waals surface area contributed by atoms with Crippen LogP contribution in [0.3, 0.4) is 0 Å². The molecule has 1 aromatic heterocycles. The number of amides is 2. The summed E-state index contributed by atoms with van der Waals surface area (Å²) in [4.78, 5) is 35.2. The van der Waals surface area contributed by atoms with Crippen molar-refractivity contribution in [2.24, 2.45) is 0 Å². The van der Waals surface area contributed by atoms with E-state index in [-0.39, 0.29) is 11.8 Å². The maximum Gasteiger partial charge on any atom is 0.254 e. The van der Waals surface area contributed by atoms with Gasteiger partial charge in [0.1, 0.15) is 5.82 Å². The lowest BCUT2D eigenvalue weighted by Gasteiger charge is -2.29. The maximum absolute atomic E-state index is 12.8. The number of nitrogens with zero attached hydrogens (tertiary/aromatic N) is 3. The highest BCUT2D eigenvalue weighted by atomic mass is 16.2. The molecule has 28 heavy (non-hydrogen) atoms. The Bertz CT molecular complexity index is 875. The number of fused-ring (bicyclic) bond motifs is 1. The molecule has 0 atom stereocenters. The van der Waals surface area contributed by atoms with Gasteiger partial charge in [-0.3, -0.25) is 9.59 Å². The molecule has 7 heteroatoms. The van der Waals surface area contributed by atoms with Crippen molar-refractivity contribution in [2.45, 2.75) is 38.6 Å². The minimum Gasteiger partial charge on any atom is -0.334 e. The van der Waals surface area contributed by atoms with Crippen LogP contribution < -0.4 is 10.6 Å². The van der Waals surface area contributed by atoms with Gasteiger partial charge < -0.3 is 15.5 Å². The fourth-order valence-electron chi connectivity index (χ4n) is 3.86. The number of rotatable bonds is 3. The molecular weight excluding hydrogens is 354 g/mol. The van der Waals surface area contributed by atoms with Gasteiger partial charge in [-0.25, -0.2) is 9.97 Å². The number of carbonyl (C=O) groups is 2. The fourth-order valence-corrected chi connectivity index (χ4v) is 3.86. The van der Waals surface area contributed by atoms with E-state index in [0.717, 1.165) is 49.4 Å². The Morgan fingerprint density at radius 3 is 2.64 bits per heavy atom. The Hall–Kier alpha value is -2.80. The van der Waals surface area contributed by atoms with E-state index in [2.05, 4.69) is 15.6 Å². The second-order valence-electron chi connectivity index (χ2n) is 7.46. The third-order valence-corrected chi connectivity index (χ3v) is 5.40. The Kier molecular flexibility index (Phi) is 5.34. The number of hydrogen-bond acceptors (Lipinski definition) is 5. The monoisotopic (exact) mass is 379 g/mol. The number of anilines is 1. The summed E-state index contributed by atoms with van der Waals surface area (Å²) < 4.78 is 0. The molecule has 7 nitrogen and oxygen atoms in total. The molecule has 3 heterocycles. The van der Waals surface area contributed by atoms with Crippen molar-refractivity contribution in [3.8, 4) is 0 Å². The van der Waals surface area contributed by atoms with Gasteiger partial charge >= 0.3 is 0 Å². The highest BCUT2D eigenvalue weighted by Gasteiger charge is 2.25. The summed E-state index contributed by atoms with van der Waals surface area (Å²) in [5.74, 6) is 1.25. The van der Waals surface area contributed by atoms with Crippen molar-refractivity contribution < 1.29 is 9.59 Å². The molecule has 1 fully saturated rings. The molecule has 0 saturated carbocycles. The Balaban J connectivity index is 1.44. The summed E-state index contributed by atoms with van der Waals surface area (Å²) in [6, 6.07) is 7.00. The van der Waals surface area contributed by atoms with Crippen LogP contribution in [0.15, 0.2) is 30.5 Å². The van der Waals surface area contributed by atoms with Gasteiger partial charge in [0.05, 0.1) is 5.69 Å². The summed E-state index contributed by atoms with van der Waals surface area (Å²) in [6.07, 6.45) is 4.82. The van der Waals surface area contributed by atoms with E-state index in [1.54, 1.807) is 24.3 Å². The Morgan fingerprint density at radius 1 is 1.18 bits per heavy atom. The smallest absolute Gasteiger partial charge is 0.254 e. The molecule has 2 N–H and O–H groups in total. The third-order valence-electron chi connectivity index (χ3n) is 5.40. The first-order valence-electron chi connectivity index (χ1n) is 9.82. The van der Waals surface area contributed by atoms with Gasteiger partial charge in [-0.2, -0.15) is 0 Å². The summed E-state index contributed by atoms with van der Waals surface area (Å²) in [7, 11) is 0. The van der Waals surface area contributed by atoms with E-state index in [0.29, 0.717) is 30.3 Å². The first-order valence-corrected chi connectivity index (χ1v) is 9.82. The van der Waals surface area contributed by atoms with Crippen LogP contribution in [0.5, 0.6) is 0 Å². The highest BCUT2D eigenvalue weighted by Crippen LogP contribution is 2.25. The number of carbonyl (C=O) groups excluding carboxylic acids is 2. The molecule has 146 valence electrons. The largest absolute Gasteiger partial charge is 0.334 e. The zero-order chi connectivity index (χ0) is 19.5. The molecule has 4 rings (SSSR count). The number of piperidine rings is 1. The lowest BCUT2D eigenvalue weighted by atomic mass is 9.96. The summed E-state index contributed by atoms with van der Waals surface area (Å²) in [5, 5.41) is 6.08. The zero-order valence-corrected chi connectivity index (χ0v) is 16.1. The second kappa shape index (κ2) is 8.06. The lowest BCUT2D eigenvalue weighted by molar-refractivity contribution is -0.114. The van der Waals surface area contributed by atoms with Crippen molar-refractivity contribution in [3.05, 3.63) is 53.1 Å². The number of benzene rings is 1. The average molecular weight is 379 g/mol. The molecule has 2 amide bonds. The quantitative estimate of drug-likeness (QED) is 0.853. The summed E-state index contributed by atoms with van der Waals surface area (Å²) >= 11 is 0. The predicted octanol–water partition coefficient (Wildman–Crippen LogP) is 2.10. The van der Waals surface area contributed by atoms with Crippen molar-refractivity contribution >= 4 is 17.5 Å². The second-order valence-corrected chi connectivity index (χ2v) is 7.46. The van der Waals surface area contributed by atoms with Crippen LogP contribution in [0.1, 0.15) is 53.1 Å². The van der Waals surface area contributed by atoms with Crippen LogP contribution in [-0.4, -0.2) is 46.3 Å². The van der Waals surface area contributed by atoms with Crippen molar-refractivity contribution in [3.63, 3.8) is 0 Å². The number of nitrogens with one attached hydrogen (secondary N) is 2. The minimum atomic E-state index is -0.129. The molecule has 0 radical (unpaired) electrons. The third kappa shape index (κ3) is 4.04. The molecular formula is C21H25N5O2. The van der Waals surface area contributed by atoms with Crippen LogP contribution in [0.2, 0.25) is 0 Å². The van der Waals surface area contributed by atoms with E-state index >= 15 is 0 Å². The molecule has 0 unspecified atom stereocenters. The lowest BCUT2D eigenvalue weighted by Crippen LogP contribution is -2.37. The van der Waals surface area contributed by atoms with Gasteiger partial charge in [0, 0.05) is 55.4 Å². The normalized spacial score (nSPS) is 17.1. The SMILES string of the molecule is CC(=O)Nc1ccc(C(=O)N2CCc3nc(C4CCNCC4)ncc3C2)cc1. The van der Waals surface area contributed by atoms with Gasteiger partial charge in [0.25, 0.3) is 5.91 Å². The van der Waals surface area contributed by atoms with Crippen LogP contribution in [0.25, 0.3) is 0 Å². The van der Waals surface area contributed by atoms with Crippen LogP contribution in [-0.2, 0) is 17.8 Å². The highest BCUT2D eigenvalue weighted by molar-refractivity contribution is 5.95. The Labute approximate surface area is 164 Å². The molecule has 2 aliphatic rings. The number of hydrogen-bond donors (Lipinski definition) is 2. The average Bonchev–Trinajstić information content (AvgIpc) is 2.73. The molecule has 1 saturated heterocycles. The maximum atomic E-state index is 12.8. The zero-order valence-electron chi connectivity index (χ0n) is 16.1. The number of aromatic nitrogens is 2. The van der Waals surface area contributed by atoms with Crippen molar-refractivity contribution in [2.75, 3.05) is 25.0 Å². The minimum absolute atomic E-state index is 0.0116. The first kappa shape index (κ1) is 18.6. The van der Waals surface area contributed by atoms with Gasteiger partial charge in [-0.15, -0.1) is 0 Å². The van der Waals surface area contributed by atoms with Gasteiger partial charge in [0.2, 0.25) is 5.91 Å². The molecule has 2 aliphatic heterocycles. The predicted molar refractivity (Wildman–Crippen MR) is 106 cm³/mol. The van der Waals surface area contributed by atoms with E-state index in [4.69, 9.17) is 4.98 Å². The molecule has 2 aromatic rings. The first-order chi connectivity index (χ1) is 13.6. The fraction of sp³-hybridized carbons (Fsp3) is 0.429. The topological polar surface area (TPSA) is 87.2 Å². The van der Waals surface area contributed by atoms with Crippen molar-refractivity contribution in [1.82, 2.24) is 20.2 Å². The summed E-state index contributed by atoms with van der Waals surface area (Å²) in [6.45, 7) is 4.70. The molecule has 0 bridgehead atoms. The standard InChI is InChI=1S/C21H25N5O2/c1-14(27)24-18-4-2-16(3-5-18)21(28)26-11-8-19-17(13-26)12-23-20(25-19)15-6-9-22-10-7-15/h2-5,12,15,22H,6-11,13H2,1H3,(H,24,27). The Morgan fingerprint density at radius 2 is 1.93 bits per heavy atom. The van der Waals surface area contributed by atoms with Crippen molar-refractivity contribution in [1.29, 1.82) is 0 Å². The van der Waals surface area contributed by atoms with Crippen LogP contribution >= 0.6 is 0 Å². The summed E-state index contributed by atoms with van der Waals surface area (Å²) in [5.41, 5.74) is 3.41. The van der Waals surface area contributed by atoms with E-state index in [1.807, 2.05) is 11.1 Å². The molecule has 0 spiro atoms. The van der Waals surface area contributed by atoms with E-state index < -0.39 is 0 Å². The van der Waals surface area contributed by atoms with Crippen LogP contribution in [0, 0.1) is 0 Å². The van der Waals surface area contributed by atoms with Gasteiger partial charge in [-0.1, -0.05) is 0 Å². The van der Waals surface area contributed by atoms with E-state index in [1.165, 1.54) is 6.92 Å².